The molecule has 6 nitrogen and oxygen atoms in total. The lowest BCUT2D eigenvalue weighted by atomic mass is 9.87. The average molecular weight is 443 g/mol. The summed E-state index contributed by atoms with van der Waals surface area (Å²) in [7, 11) is -2.31. The largest absolute Gasteiger partial charge is 0.495 e. The zero-order valence-electron chi connectivity index (χ0n) is 18.1. The molecule has 2 aromatic carbocycles. The van der Waals surface area contributed by atoms with Crippen molar-refractivity contribution < 1.29 is 17.9 Å². The number of methoxy groups -OCH3 is 1. The number of carbonyl (C=O) groups excluding carboxylic acids is 1. The minimum Gasteiger partial charge on any atom is -0.495 e. The summed E-state index contributed by atoms with van der Waals surface area (Å²) in [5.41, 5.74) is 2.73. The van der Waals surface area contributed by atoms with E-state index < -0.39 is 10.0 Å². The first kappa shape index (κ1) is 21.8. The first-order valence-electron chi connectivity index (χ1n) is 11.0. The Bertz CT molecular complexity index is 1070. The lowest BCUT2D eigenvalue weighted by Crippen LogP contribution is -2.42. The normalized spacial score (nSPS) is 21.9. The van der Waals surface area contributed by atoms with Crippen molar-refractivity contribution in [2.75, 3.05) is 13.7 Å². The SMILES string of the molecule is COc1ccc(C(=O)N[C@@H]2CCCc3ccccc32)cc1S(=O)(=O)N1CCCC[C@H]1C. The van der Waals surface area contributed by atoms with E-state index in [1.165, 1.54) is 23.0 Å². The molecule has 2 aliphatic rings. The molecule has 1 amide bonds. The molecule has 0 spiro atoms. The van der Waals surface area contributed by atoms with Gasteiger partial charge in [0, 0.05) is 18.2 Å². The highest BCUT2D eigenvalue weighted by Gasteiger charge is 2.34. The van der Waals surface area contributed by atoms with Gasteiger partial charge in [0.2, 0.25) is 10.0 Å². The molecule has 1 aliphatic carbocycles. The number of fused-ring (bicyclic) bond motifs is 1. The van der Waals surface area contributed by atoms with Crippen LogP contribution in [0.25, 0.3) is 0 Å². The van der Waals surface area contributed by atoms with E-state index in [-0.39, 0.29) is 28.6 Å². The second kappa shape index (κ2) is 9.01. The lowest BCUT2D eigenvalue weighted by molar-refractivity contribution is 0.0932. The van der Waals surface area contributed by atoms with Crippen molar-refractivity contribution in [3.05, 3.63) is 59.2 Å². The number of ether oxygens (including phenoxy) is 1. The van der Waals surface area contributed by atoms with Crippen LogP contribution in [0.15, 0.2) is 47.4 Å². The Morgan fingerprint density at radius 2 is 1.90 bits per heavy atom. The first-order chi connectivity index (χ1) is 14.9. The standard InChI is InChI=1S/C24H30N2O4S/c1-17-8-5-6-15-26(17)31(28,29)23-16-19(13-14-22(23)30-2)24(27)25-21-12-7-10-18-9-3-4-11-20(18)21/h3-4,9,11,13-14,16-17,21H,5-8,10,12,15H2,1-2H3,(H,25,27)/t17-,21-/m1/s1. The van der Waals surface area contributed by atoms with Crippen LogP contribution in [-0.2, 0) is 16.4 Å². The molecule has 0 unspecified atom stereocenters. The Labute approximate surface area is 184 Å². The summed E-state index contributed by atoms with van der Waals surface area (Å²) in [5, 5.41) is 3.11. The number of carbonyl (C=O) groups is 1. The summed E-state index contributed by atoms with van der Waals surface area (Å²) in [6, 6.07) is 12.7. The fraction of sp³-hybridized carbons (Fsp3) is 0.458. The van der Waals surface area contributed by atoms with E-state index in [9.17, 15) is 13.2 Å². The predicted molar refractivity (Wildman–Crippen MR) is 120 cm³/mol. The van der Waals surface area contributed by atoms with Crippen molar-refractivity contribution >= 4 is 15.9 Å². The van der Waals surface area contributed by atoms with Crippen LogP contribution in [0.2, 0.25) is 0 Å². The topological polar surface area (TPSA) is 75.7 Å². The number of rotatable bonds is 5. The number of hydrogen-bond donors (Lipinski definition) is 1. The molecule has 1 heterocycles. The van der Waals surface area contributed by atoms with E-state index in [1.54, 1.807) is 12.1 Å². The maximum absolute atomic E-state index is 13.4. The number of nitrogens with one attached hydrogen (secondary N) is 1. The molecule has 7 heteroatoms. The fourth-order valence-corrected chi connectivity index (χ4v) is 6.60. The molecule has 4 rings (SSSR count). The van der Waals surface area contributed by atoms with Crippen molar-refractivity contribution in [3.63, 3.8) is 0 Å². The first-order valence-corrected chi connectivity index (χ1v) is 12.4. The molecule has 0 bridgehead atoms. The van der Waals surface area contributed by atoms with Crippen molar-refractivity contribution in [1.29, 1.82) is 0 Å². The van der Waals surface area contributed by atoms with Gasteiger partial charge in [0.05, 0.1) is 13.2 Å². The van der Waals surface area contributed by atoms with E-state index in [0.29, 0.717) is 12.1 Å². The summed E-state index contributed by atoms with van der Waals surface area (Å²) < 4.78 is 33.7. The van der Waals surface area contributed by atoms with Gasteiger partial charge in [0.1, 0.15) is 10.6 Å². The van der Waals surface area contributed by atoms with Crippen molar-refractivity contribution in [2.45, 2.75) is 62.4 Å². The summed E-state index contributed by atoms with van der Waals surface area (Å²) in [6.45, 7) is 2.42. The molecule has 1 saturated heterocycles. The number of nitrogens with zero attached hydrogens (tertiary/aromatic N) is 1. The Morgan fingerprint density at radius 3 is 2.68 bits per heavy atom. The minimum atomic E-state index is -3.76. The van der Waals surface area contributed by atoms with Gasteiger partial charge < -0.3 is 10.1 Å². The van der Waals surface area contributed by atoms with Gasteiger partial charge in [-0.3, -0.25) is 4.79 Å². The minimum absolute atomic E-state index is 0.0560. The summed E-state index contributed by atoms with van der Waals surface area (Å²) >= 11 is 0. The van der Waals surface area contributed by atoms with Gasteiger partial charge in [-0.25, -0.2) is 8.42 Å². The van der Waals surface area contributed by atoms with Crippen LogP contribution in [0, 0.1) is 0 Å². The van der Waals surface area contributed by atoms with Crippen LogP contribution in [0.1, 0.15) is 66.6 Å². The average Bonchev–Trinajstić information content (AvgIpc) is 2.79. The maximum atomic E-state index is 13.4. The zero-order chi connectivity index (χ0) is 22.0. The van der Waals surface area contributed by atoms with Crippen molar-refractivity contribution in [1.82, 2.24) is 9.62 Å². The lowest BCUT2D eigenvalue weighted by Gasteiger charge is -2.32. The molecular formula is C24H30N2O4S. The van der Waals surface area contributed by atoms with E-state index in [4.69, 9.17) is 4.74 Å². The molecule has 2 atom stereocenters. The van der Waals surface area contributed by atoms with Crippen LogP contribution in [-0.4, -0.2) is 38.3 Å². The third-order valence-electron chi connectivity index (χ3n) is 6.43. The van der Waals surface area contributed by atoms with Gasteiger partial charge in [0.15, 0.2) is 0 Å². The predicted octanol–water partition coefficient (Wildman–Crippen LogP) is 4.07. The van der Waals surface area contributed by atoms with Crippen LogP contribution in [0.4, 0.5) is 0 Å². The summed E-state index contributed by atoms with van der Waals surface area (Å²) in [4.78, 5) is 13.1. The highest BCUT2D eigenvalue weighted by molar-refractivity contribution is 7.89. The number of sulfonamides is 1. The quantitative estimate of drug-likeness (QED) is 0.758. The Kier molecular flexibility index (Phi) is 6.34. The maximum Gasteiger partial charge on any atom is 0.251 e. The number of hydrogen-bond acceptors (Lipinski definition) is 4. The Balaban J connectivity index is 1.63. The van der Waals surface area contributed by atoms with E-state index in [1.807, 2.05) is 19.1 Å². The van der Waals surface area contributed by atoms with Crippen LogP contribution in [0.3, 0.4) is 0 Å². The van der Waals surface area contributed by atoms with Gasteiger partial charge in [-0.15, -0.1) is 0 Å². The molecular weight excluding hydrogens is 412 g/mol. The highest BCUT2D eigenvalue weighted by Crippen LogP contribution is 2.33. The number of amides is 1. The van der Waals surface area contributed by atoms with Crippen molar-refractivity contribution in [3.8, 4) is 5.75 Å². The molecule has 0 radical (unpaired) electrons. The second-order valence-corrected chi connectivity index (χ2v) is 10.3. The van der Waals surface area contributed by atoms with Crippen LogP contribution >= 0.6 is 0 Å². The molecule has 1 fully saturated rings. The van der Waals surface area contributed by atoms with Crippen molar-refractivity contribution in [2.24, 2.45) is 0 Å². The second-order valence-electron chi connectivity index (χ2n) is 8.44. The number of benzene rings is 2. The molecule has 31 heavy (non-hydrogen) atoms. The molecule has 0 saturated carbocycles. The third kappa shape index (κ3) is 4.34. The van der Waals surface area contributed by atoms with E-state index in [2.05, 4.69) is 17.4 Å². The highest BCUT2D eigenvalue weighted by atomic mass is 32.2. The van der Waals surface area contributed by atoms with Crippen LogP contribution < -0.4 is 10.1 Å². The fourth-order valence-electron chi connectivity index (χ4n) is 4.72. The molecule has 0 aromatic heterocycles. The zero-order valence-corrected chi connectivity index (χ0v) is 19.0. The molecule has 1 N–H and O–H groups in total. The monoisotopic (exact) mass is 442 g/mol. The summed E-state index contributed by atoms with van der Waals surface area (Å²) in [6.07, 6.45) is 5.60. The molecule has 166 valence electrons. The van der Waals surface area contributed by atoms with Gasteiger partial charge >= 0.3 is 0 Å². The van der Waals surface area contributed by atoms with Gasteiger partial charge in [-0.05, 0) is 68.4 Å². The smallest absolute Gasteiger partial charge is 0.251 e. The molecule has 2 aromatic rings. The van der Waals surface area contributed by atoms with Crippen LogP contribution in [0.5, 0.6) is 5.75 Å². The van der Waals surface area contributed by atoms with Gasteiger partial charge in [0.25, 0.3) is 5.91 Å². The van der Waals surface area contributed by atoms with Gasteiger partial charge in [-0.2, -0.15) is 4.31 Å². The number of piperidine rings is 1. The Hall–Kier alpha value is -2.38. The third-order valence-corrected chi connectivity index (χ3v) is 8.46. The van der Waals surface area contributed by atoms with E-state index in [0.717, 1.165) is 44.1 Å². The van der Waals surface area contributed by atoms with E-state index >= 15 is 0 Å². The van der Waals surface area contributed by atoms with Gasteiger partial charge in [-0.1, -0.05) is 30.7 Å². The summed E-state index contributed by atoms with van der Waals surface area (Å²) in [5.74, 6) is -0.00941. The Morgan fingerprint density at radius 1 is 1.10 bits per heavy atom. The molecule has 1 aliphatic heterocycles. The number of aryl methyl sites for hydroxylation is 1.